The topological polar surface area (TPSA) is 28.2 Å². The van der Waals surface area contributed by atoms with Crippen molar-refractivity contribution in [2.75, 3.05) is 25.9 Å². The number of hydrogen-bond acceptors (Lipinski definition) is 4. The number of pyridine rings is 1. The molecule has 0 spiro atoms. The van der Waals surface area contributed by atoms with Gasteiger partial charge in [0.05, 0.1) is 5.69 Å². The van der Waals surface area contributed by atoms with E-state index >= 15 is 0 Å². The quantitative estimate of drug-likeness (QED) is 0.860. The van der Waals surface area contributed by atoms with E-state index in [9.17, 15) is 0 Å². The van der Waals surface area contributed by atoms with Crippen LogP contribution in [0.1, 0.15) is 12.6 Å². The van der Waals surface area contributed by atoms with Crippen LogP contribution < -0.4 is 5.32 Å². The minimum absolute atomic E-state index is 0.636. The van der Waals surface area contributed by atoms with Crippen molar-refractivity contribution in [3.05, 3.63) is 30.1 Å². The third-order valence-electron chi connectivity index (χ3n) is 3.40. The zero-order valence-electron chi connectivity index (χ0n) is 10.6. The van der Waals surface area contributed by atoms with Crippen LogP contribution in [-0.2, 0) is 6.54 Å². The van der Waals surface area contributed by atoms with Crippen molar-refractivity contribution in [1.82, 2.24) is 15.2 Å². The monoisotopic (exact) mass is 251 g/mol. The maximum Gasteiger partial charge on any atom is 0.0544 e. The zero-order valence-corrected chi connectivity index (χ0v) is 11.4. The lowest BCUT2D eigenvalue weighted by molar-refractivity contribution is 0.211. The molecule has 1 N–H and O–H groups in total. The fourth-order valence-electron chi connectivity index (χ4n) is 2.41. The predicted molar refractivity (Wildman–Crippen MR) is 74.3 cm³/mol. The molecule has 0 saturated carbocycles. The molecule has 0 radical (unpaired) electrons. The van der Waals surface area contributed by atoms with Crippen molar-refractivity contribution in [2.24, 2.45) is 0 Å². The van der Waals surface area contributed by atoms with Crippen LogP contribution in [0, 0.1) is 0 Å². The largest absolute Gasteiger partial charge is 0.314 e. The Kier molecular flexibility index (Phi) is 4.83. The molecule has 1 fully saturated rings. The number of thioether (sulfide) groups is 1. The van der Waals surface area contributed by atoms with E-state index in [-0.39, 0.29) is 0 Å². The molecule has 0 aliphatic carbocycles. The molecule has 1 aliphatic rings. The second-order valence-corrected chi connectivity index (χ2v) is 5.46. The Morgan fingerprint density at radius 1 is 1.47 bits per heavy atom. The fourth-order valence-corrected chi connectivity index (χ4v) is 3.28. The summed E-state index contributed by atoms with van der Waals surface area (Å²) in [6.07, 6.45) is 4.08. The highest BCUT2D eigenvalue weighted by atomic mass is 32.2. The minimum Gasteiger partial charge on any atom is -0.314 e. The summed E-state index contributed by atoms with van der Waals surface area (Å²) in [4.78, 5) is 6.95. The first kappa shape index (κ1) is 12.9. The lowest BCUT2D eigenvalue weighted by atomic mass is 10.2. The average molecular weight is 251 g/mol. The van der Waals surface area contributed by atoms with E-state index in [1.165, 1.54) is 5.69 Å². The number of rotatable bonds is 5. The Balaban J connectivity index is 2.01. The highest BCUT2D eigenvalue weighted by Gasteiger charge is 2.30. The van der Waals surface area contributed by atoms with Gasteiger partial charge in [0, 0.05) is 37.1 Å². The molecule has 2 atom stereocenters. The Hall–Kier alpha value is -0.580. The number of nitrogens with zero attached hydrogens (tertiary/aromatic N) is 2. The Morgan fingerprint density at radius 3 is 3.00 bits per heavy atom. The van der Waals surface area contributed by atoms with Crippen LogP contribution in [0.4, 0.5) is 0 Å². The number of aromatic nitrogens is 1. The summed E-state index contributed by atoms with van der Waals surface area (Å²) in [6, 6.07) is 6.78. The second kappa shape index (κ2) is 6.38. The van der Waals surface area contributed by atoms with Crippen LogP contribution in [0.25, 0.3) is 0 Å². The molecule has 1 aromatic rings. The average Bonchev–Trinajstić information content (AvgIpc) is 2.85. The number of likely N-dealkylation sites (N-methyl/N-ethyl adjacent to an activating group) is 1. The van der Waals surface area contributed by atoms with E-state index < -0.39 is 0 Å². The maximum atomic E-state index is 4.42. The smallest absolute Gasteiger partial charge is 0.0544 e. The summed E-state index contributed by atoms with van der Waals surface area (Å²) >= 11 is 1.97. The summed E-state index contributed by atoms with van der Waals surface area (Å²) in [5.41, 5.74) is 1.17. The summed E-state index contributed by atoms with van der Waals surface area (Å²) in [6.45, 7) is 6.51. The van der Waals surface area contributed by atoms with Crippen LogP contribution >= 0.6 is 11.8 Å². The van der Waals surface area contributed by atoms with Crippen LogP contribution in [0.2, 0.25) is 0 Å². The number of nitrogens with one attached hydrogen (secondary N) is 1. The van der Waals surface area contributed by atoms with Gasteiger partial charge in [-0.3, -0.25) is 9.88 Å². The van der Waals surface area contributed by atoms with Crippen LogP contribution in [0.5, 0.6) is 0 Å². The van der Waals surface area contributed by atoms with Gasteiger partial charge >= 0.3 is 0 Å². The van der Waals surface area contributed by atoms with Gasteiger partial charge in [0.2, 0.25) is 0 Å². The molecule has 2 unspecified atom stereocenters. The predicted octanol–water partition coefficient (Wildman–Crippen LogP) is 1.61. The van der Waals surface area contributed by atoms with Crippen molar-refractivity contribution >= 4 is 11.8 Å². The normalized spacial score (nSPS) is 24.4. The first-order chi connectivity index (χ1) is 8.35. The third kappa shape index (κ3) is 3.21. The first-order valence-electron chi connectivity index (χ1n) is 6.22. The van der Waals surface area contributed by atoms with Gasteiger partial charge in [-0.25, -0.2) is 0 Å². The highest BCUT2D eigenvalue weighted by Crippen LogP contribution is 2.21. The summed E-state index contributed by atoms with van der Waals surface area (Å²) < 4.78 is 0. The molecular weight excluding hydrogens is 230 g/mol. The van der Waals surface area contributed by atoms with Gasteiger partial charge in [-0.2, -0.15) is 11.8 Å². The zero-order chi connectivity index (χ0) is 12.1. The van der Waals surface area contributed by atoms with Gasteiger partial charge in [0.15, 0.2) is 0 Å². The van der Waals surface area contributed by atoms with E-state index in [1.54, 1.807) is 0 Å². The van der Waals surface area contributed by atoms with E-state index in [1.807, 2.05) is 24.0 Å². The number of hydrogen-bond donors (Lipinski definition) is 1. The minimum atomic E-state index is 0.636. The lowest BCUT2D eigenvalue weighted by Crippen LogP contribution is -2.41. The van der Waals surface area contributed by atoms with Gasteiger partial charge in [-0.1, -0.05) is 13.0 Å². The molecule has 94 valence electrons. The van der Waals surface area contributed by atoms with Crippen molar-refractivity contribution in [3.8, 4) is 0 Å². The van der Waals surface area contributed by atoms with E-state index in [0.717, 1.165) is 26.2 Å². The molecule has 0 aromatic carbocycles. The molecule has 2 rings (SSSR count). The SMILES string of the molecule is CCN(Cc1ccccn1)C1CNCC1SC. The van der Waals surface area contributed by atoms with Crippen LogP contribution in [0.15, 0.2) is 24.4 Å². The third-order valence-corrected chi connectivity index (χ3v) is 4.48. The standard InChI is InChI=1S/C13H21N3S/c1-3-16(10-11-6-4-5-7-15-11)12-8-14-9-13(12)17-2/h4-7,12-14H,3,8-10H2,1-2H3. The van der Waals surface area contributed by atoms with Crippen LogP contribution in [0.3, 0.4) is 0 Å². The lowest BCUT2D eigenvalue weighted by Gasteiger charge is -2.30. The summed E-state index contributed by atoms with van der Waals surface area (Å²) in [5.74, 6) is 0. The summed E-state index contributed by atoms with van der Waals surface area (Å²) in [5, 5.41) is 4.20. The van der Waals surface area contributed by atoms with Gasteiger partial charge < -0.3 is 5.32 Å². The molecule has 2 heterocycles. The van der Waals surface area contributed by atoms with Gasteiger partial charge in [0.1, 0.15) is 0 Å². The Morgan fingerprint density at radius 2 is 2.35 bits per heavy atom. The molecule has 4 heteroatoms. The van der Waals surface area contributed by atoms with Gasteiger partial charge in [-0.15, -0.1) is 0 Å². The maximum absolute atomic E-state index is 4.42. The molecule has 0 amide bonds. The fraction of sp³-hybridized carbons (Fsp3) is 0.615. The van der Waals surface area contributed by atoms with E-state index in [0.29, 0.717) is 11.3 Å². The van der Waals surface area contributed by atoms with Crippen molar-refractivity contribution in [2.45, 2.75) is 24.8 Å². The Labute approximate surface area is 108 Å². The molecule has 1 aliphatic heterocycles. The molecule has 17 heavy (non-hydrogen) atoms. The van der Waals surface area contributed by atoms with Gasteiger partial charge in [-0.05, 0) is 24.9 Å². The summed E-state index contributed by atoms with van der Waals surface area (Å²) in [7, 11) is 0. The highest BCUT2D eigenvalue weighted by molar-refractivity contribution is 7.99. The van der Waals surface area contributed by atoms with Gasteiger partial charge in [0.25, 0.3) is 0 Å². The molecule has 1 saturated heterocycles. The first-order valence-corrected chi connectivity index (χ1v) is 7.51. The molecule has 1 aromatic heterocycles. The van der Waals surface area contributed by atoms with Crippen molar-refractivity contribution < 1.29 is 0 Å². The molecule has 3 nitrogen and oxygen atoms in total. The van der Waals surface area contributed by atoms with Crippen molar-refractivity contribution in [1.29, 1.82) is 0 Å². The second-order valence-electron chi connectivity index (χ2n) is 4.38. The van der Waals surface area contributed by atoms with E-state index in [2.05, 4.69) is 40.5 Å². The van der Waals surface area contributed by atoms with E-state index in [4.69, 9.17) is 0 Å². The van der Waals surface area contributed by atoms with Crippen LogP contribution in [-0.4, -0.2) is 47.1 Å². The Bertz CT molecular complexity index is 331. The van der Waals surface area contributed by atoms with Crippen molar-refractivity contribution in [3.63, 3.8) is 0 Å². The molecular formula is C13H21N3S. The molecule has 0 bridgehead atoms.